The highest BCUT2D eigenvalue weighted by atomic mass is 79.9. The van der Waals surface area contributed by atoms with Crippen LogP contribution in [0.4, 0.5) is 0 Å². The molecule has 2 aromatic rings. The summed E-state index contributed by atoms with van der Waals surface area (Å²) in [5.74, 6) is 1.43. The van der Waals surface area contributed by atoms with Crippen LogP contribution in [0.5, 0.6) is 0 Å². The van der Waals surface area contributed by atoms with Gasteiger partial charge in [0.2, 0.25) is 0 Å². The highest BCUT2D eigenvalue weighted by Crippen LogP contribution is 2.37. The highest BCUT2D eigenvalue weighted by molar-refractivity contribution is 9.10. The molecule has 4 rings (SSSR count). The van der Waals surface area contributed by atoms with Gasteiger partial charge in [-0.25, -0.2) is 4.98 Å². The first-order chi connectivity index (χ1) is 8.78. The second-order valence-corrected chi connectivity index (χ2v) is 6.39. The molecular formula is C14H15BrN2O. The van der Waals surface area contributed by atoms with E-state index in [4.69, 9.17) is 4.42 Å². The largest absolute Gasteiger partial charge is 0.440 e. The first-order valence-electron chi connectivity index (χ1n) is 6.60. The minimum Gasteiger partial charge on any atom is -0.440 e. The molecule has 0 aliphatic carbocycles. The van der Waals surface area contributed by atoms with E-state index in [1.807, 2.05) is 18.2 Å². The van der Waals surface area contributed by atoms with E-state index in [9.17, 15) is 0 Å². The summed E-state index contributed by atoms with van der Waals surface area (Å²) < 4.78 is 6.98. The Morgan fingerprint density at radius 1 is 1.22 bits per heavy atom. The molecule has 2 bridgehead atoms. The van der Waals surface area contributed by atoms with Gasteiger partial charge >= 0.3 is 0 Å². The van der Waals surface area contributed by atoms with Gasteiger partial charge in [-0.2, -0.15) is 0 Å². The number of hydrogen-bond donors (Lipinski definition) is 1. The van der Waals surface area contributed by atoms with E-state index in [1.54, 1.807) is 0 Å². The third kappa shape index (κ3) is 1.79. The average molecular weight is 307 g/mol. The molecule has 2 unspecified atom stereocenters. The Morgan fingerprint density at radius 3 is 2.78 bits per heavy atom. The number of oxazole rings is 1. The maximum absolute atomic E-state index is 5.93. The number of rotatable bonds is 1. The quantitative estimate of drug-likeness (QED) is 0.875. The van der Waals surface area contributed by atoms with Crippen LogP contribution in [0.25, 0.3) is 11.1 Å². The van der Waals surface area contributed by atoms with E-state index in [-0.39, 0.29) is 0 Å². The summed E-state index contributed by atoms with van der Waals surface area (Å²) in [6.45, 7) is 0. The minimum atomic E-state index is 0.495. The molecule has 2 fully saturated rings. The summed E-state index contributed by atoms with van der Waals surface area (Å²) in [5.41, 5.74) is 1.87. The lowest BCUT2D eigenvalue weighted by Gasteiger charge is -2.26. The van der Waals surface area contributed by atoms with Gasteiger partial charge < -0.3 is 9.73 Å². The molecular weight excluding hydrogens is 292 g/mol. The second-order valence-electron chi connectivity index (χ2n) is 5.47. The van der Waals surface area contributed by atoms with Crippen molar-refractivity contribution in [2.45, 2.75) is 43.7 Å². The maximum atomic E-state index is 5.93. The van der Waals surface area contributed by atoms with Crippen molar-refractivity contribution in [1.82, 2.24) is 10.3 Å². The zero-order valence-corrected chi connectivity index (χ0v) is 11.6. The molecule has 0 spiro atoms. The number of hydrogen-bond acceptors (Lipinski definition) is 3. The fourth-order valence-electron chi connectivity index (χ4n) is 3.35. The van der Waals surface area contributed by atoms with Crippen LogP contribution in [-0.4, -0.2) is 17.1 Å². The smallest absolute Gasteiger partial charge is 0.198 e. The van der Waals surface area contributed by atoms with Gasteiger partial charge in [0.05, 0.1) is 0 Å². The lowest BCUT2D eigenvalue weighted by atomic mass is 9.92. The van der Waals surface area contributed by atoms with Crippen LogP contribution in [0.2, 0.25) is 0 Å². The normalized spacial score (nSPS) is 31.1. The lowest BCUT2D eigenvalue weighted by molar-refractivity contribution is 0.322. The molecule has 0 radical (unpaired) electrons. The fourth-order valence-corrected chi connectivity index (χ4v) is 3.70. The number of piperidine rings is 1. The Morgan fingerprint density at radius 2 is 2.00 bits per heavy atom. The first kappa shape index (κ1) is 11.0. The molecule has 2 aliphatic heterocycles. The van der Waals surface area contributed by atoms with Crippen LogP contribution in [-0.2, 0) is 0 Å². The molecule has 18 heavy (non-hydrogen) atoms. The predicted octanol–water partition coefficient (Wildman–Crippen LogP) is 3.59. The van der Waals surface area contributed by atoms with Crippen LogP contribution in [0.15, 0.2) is 27.1 Å². The zero-order chi connectivity index (χ0) is 12.1. The molecule has 2 aliphatic rings. The summed E-state index contributed by atoms with van der Waals surface area (Å²) in [5, 5.41) is 3.66. The number of aromatic nitrogens is 1. The summed E-state index contributed by atoms with van der Waals surface area (Å²) in [6.07, 6.45) is 4.97. The van der Waals surface area contributed by atoms with Gasteiger partial charge in [0.1, 0.15) is 5.52 Å². The molecule has 2 saturated heterocycles. The van der Waals surface area contributed by atoms with Gasteiger partial charge in [-0.1, -0.05) is 15.9 Å². The number of nitrogens with one attached hydrogen (secondary N) is 1. The standard InChI is InChI=1S/C14H15BrN2O/c15-9-1-4-13-12(7-9)17-14(18-13)8-5-10-2-3-11(6-8)16-10/h1,4,7-8,10-11,16H,2-3,5-6H2. The zero-order valence-electron chi connectivity index (χ0n) is 10.0. The van der Waals surface area contributed by atoms with Gasteiger partial charge in [0.15, 0.2) is 11.5 Å². The molecule has 4 heteroatoms. The first-order valence-corrected chi connectivity index (χ1v) is 7.39. The molecule has 1 aromatic heterocycles. The number of halogens is 1. The van der Waals surface area contributed by atoms with E-state index in [0.717, 1.165) is 21.5 Å². The van der Waals surface area contributed by atoms with Crippen molar-refractivity contribution in [3.05, 3.63) is 28.6 Å². The summed E-state index contributed by atoms with van der Waals surface area (Å²) in [6, 6.07) is 7.37. The Hall–Kier alpha value is -0.870. The molecule has 94 valence electrons. The Balaban J connectivity index is 1.70. The van der Waals surface area contributed by atoms with Gasteiger partial charge in [-0.15, -0.1) is 0 Å². The van der Waals surface area contributed by atoms with Crippen molar-refractivity contribution >= 4 is 27.0 Å². The Kier molecular flexibility index (Phi) is 2.49. The molecule has 3 heterocycles. The number of benzene rings is 1. The van der Waals surface area contributed by atoms with Crippen LogP contribution in [0.1, 0.15) is 37.5 Å². The molecule has 0 amide bonds. The summed E-state index contributed by atoms with van der Waals surface area (Å²) in [4.78, 5) is 4.67. The van der Waals surface area contributed by atoms with Crippen molar-refractivity contribution in [3.8, 4) is 0 Å². The van der Waals surface area contributed by atoms with Crippen molar-refractivity contribution in [2.75, 3.05) is 0 Å². The lowest BCUT2D eigenvalue weighted by Crippen LogP contribution is -2.37. The SMILES string of the molecule is Brc1ccc2oc(C3CC4CCC(C3)N4)nc2c1. The minimum absolute atomic E-state index is 0.495. The second kappa shape index (κ2) is 4.07. The fraction of sp³-hybridized carbons (Fsp3) is 0.500. The van der Waals surface area contributed by atoms with E-state index in [1.165, 1.54) is 25.7 Å². The van der Waals surface area contributed by atoms with E-state index in [2.05, 4.69) is 26.2 Å². The van der Waals surface area contributed by atoms with Crippen LogP contribution in [0.3, 0.4) is 0 Å². The van der Waals surface area contributed by atoms with Crippen molar-refractivity contribution in [3.63, 3.8) is 0 Å². The Bertz CT molecular complexity index is 582. The molecule has 0 saturated carbocycles. The summed E-state index contributed by atoms with van der Waals surface area (Å²) >= 11 is 3.48. The van der Waals surface area contributed by atoms with Crippen LogP contribution < -0.4 is 5.32 Å². The Labute approximate surface area is 114 Å². The van der Waals surface area contributed by atoms with Crippen molar-refractivity contribution in [1.29, 1.82) is 0 Å². The van der Waals surface area contributed by atoms with Crippen LogP contribution in [0, 0.1) is 0 Å². The third-order valence-corrected chi connectivity index (χ3v) is 4.68. The van der Waals surface area contributed by atoms with Crippen LogP contribution >= 0.6 is 15.9 Å². The average Bonchev–Trinajstić information content (AvgIpc) is 2.92. The highest BCUT2D eigenvalue weighted by Gasteiger charge is 2.36. The molecule has 2 atom stereocenters. The van der Waals surface area contributed by atoms with Gasteiger partial charge in [-0.3, -0.25) is 0 Å². The topological polar surface area (TPSA) is 38.1 Å². The van der Waals surface area contributed by atoms with Crippen molar-refractivity contribution in [2.24, 2.45) is 0 Å². The molecule has 3 nitrogen and oxygen atoms in total. The van der Waals surface area contributed by atoms with Crippen molar-refractivity contribution < 1.29 is 4.42 Å². The van der Waals surface area contributed by atoms with E-state index >= 15 is 0 Å². The van der Waals surface area contributed by atoms with Gasteiger partial charge in [0, 0.05) is 22.5 Å². The van der Waals surface area contributed by atoms with E-state index in [0.29, 0.717) is 18.0 Å². The van der Waals surface area contributed by atoms with E-state index < -0.39 is 0 Å². The third-order valence-electron chi connectivity index (χ3n) is 4.19. The maximum Gasteiger partial charge on any atom is 0.198 e. The molecule has 1 N–H and O–H groups in total. The number of nitrogens with zero attached hydrogens (tertiary/aromatic N) is 1. The predicted molar refractivity (Wildman–Crippen MR) is 73.6 cm³/mol. The monoisotopic (exact) mass is 306 g/mol. The summed E-state index contributed by atoms with van der Waals surface area (Å²) in [7, 11) is 0. The number of fused-ring (bicyclic) bond motifs is 3. The molecule has 1 aromatic carbocycles. The van der Waals surface area contributed by atoms with Gasteiger partial charge in [0.25, 0.3) is 0 Å². The van der Waals surface area contributed by atoms with Gasteiger partial charge in [-0.05, 0) is 43.9 Å².